The lowest BCUT2D eigenvalue weighted by atomic mass is 10.1. The molecule has 1 atom stereocenters. The Balaban J connectivity index is 3.35. The molecule has 1 unspecified atom stereocenters. The van der Waals surface area contributed by atoms with Gasteiger partial charge >= 0.3 is 0 Å². The Morgan fingerprint density at radius 1 is 1.31 bits per heavy atom. The molecule has 0 aliphatic rings. The second kappa shape index (κ2) is 6.72. The summed E-state index contributed by atoms with van der Waals surface area (Å²) >= 11 is 2.04. The van der Waals surface area contributed by atoms with Crippen molar-refractivity contribution in [2.75, 3.05) is 18.1 Å². The van der Waals surface area contributed by atoms with Crippen molar-refractivity contribution in [3.8, 4) is 0 Å². The van der Waals surface area contributed by atoms with Crippen LogP contribution in [0.1, 0.15) is 41.0 Å². The van der Waals surface area contributed by atoms with Crippen molar-refractivity contribution in [1.29, 1.82) is 0 Å². The maximum absolute atomic E-state index is 3.54. The van der Waals surface area contributed by atoms with Crippen LogP contribution in [0.15, 0.2) is 0 Å². The summed E-state index contributed by atoms with van der Waals surface area (Å²) in [6.07, 6.45) is 1.33. The van der Waals surface area contributed by atoms with Crippen LogP contribution >= 0.6 is 11.8 Å². The van der Waals surface area contributed by atoms with Crippen molar-refractivity contribution in [1.82, 2.24) is 5.32 Å². The van der Waals surface area contributed by atoms with Crippen molar-refractivity contribution in [2.45, 2.75) is 46.6 Å². The van der Waals surface area contributed by atoms with Crippen LogP contribution in [-0.4, -0.2) is 23.6 Å². The van der Waals surface area contributed by atoms with Gasteiger partial charge in [0, 0.05) is 5.54 Å². The zero-order chi connectivity index (χ0) is 10.3. The second-order valence-electron chi connectivity index (χ2n) is 4.72. The highest BCUT2D eigenvalue weighted by atomic mass is 32.2. The van der Waals surface area contributed by atoms with Gasteiger partial charge in [0.25, 0.3) is 0 Å². The first-order valence-corrected chi connectivity index (χ1v) is 6.44. The number of hydrogen-bond acceptors (Lipinski definition) is 2. The van der Waals surface area contributed by atoms with E-state index in [-0.39, 0.29) is 5.54 Å². The van der Waals surface area contributed by atoms with E-state index in [0.29, 0.717) is 0 Å². The zero-order valence-electron chi connectivity index (χ0n) is 9.81. The molecule has 0 saturated carbocycles. The number of thioether (sulfide) groups is 1. The molecule has 13 heavy (non-hydrogen) atoms. The van der Waals surface area contributed by atoms with Gasteiger partial charge in [-0.05, 0) is 51.2 Å². The van der Waals surface area contributed by atoms with E-state index in [1.807, 2.05) is 11.8 Å². The molecule has 0 bridgehead atoms. The lowest BCUT2D eigenvalue weighted by Crippen LogP contribution is -2.38. The van der Waals surface area contributed by atoms with Crippen LogP contribution in [-0.2, 0) is 0 Å². The minimum Gasteiger partial charge on any atom is -0.312 e. The summed E-state index contributed by atoms with van der Waals surface area (Å²) in [7, 11) is 0. The smallest absolute Gasteiger partial charge is 0.00966 e. The highest BCUT2D eigenvalue weighted by Gasteiger charge is 2.10. The van der Waals surface area contributed by atoms with E-state index in [9.17, 15) is 0 Å². The van der Waals surface area contributed by atoms with Gasteiger partial charge in [0.05, 0.1) is 0 Å². The molecule has 1 nitrogen and oxygen atoms in total. The fourth-order valence-electron chi connectivity index (χ4n) is 1.01. The van der Waals surface area contributed by atoms with E-state index in [1.54, 1.807) is 0 Å². The molecule has 0 aliphatic carbocycles. The molecule has 0 aliphatic heterocycles. The van der Waals surface area contributed by atoms with Gasteiger partial charge in [0.15, 0.2) is 0 Å². The molecule has 0 amide bonds. The molecule has 0 aromatic heterocycles. The van der Waals surface area contributed by atoms with Gasteiger partial charge in [-0.1, -0.05) is 13.8 Å². The Morgan fingerprint density at radius 2 is 1.92 bits per heavy atom. The van der Waals surface area contributed by atoms with Gasteiger partial charge in [0.1, 0.15) is 0 Å². The Kier molecular flexibility index (Phi) is 6.88. The van der Waals surface area contributed by atoms with Crippen molar-refractivity contribution < 1.29 is 0 Å². The molecule has 0 fully saturated rings. The predicted molar refractivity (Wildman–Crippen MR) is 64.5 cm³/mol. The SMILES string of the molecule is CCSCCC(C)CNC(C)(C)C. The van der Waals surface area contributed by atoms with E-state index in [1.165, 1.54) is 17.9 Å². The molecular formula is C11H25NS. The Morgan fingerprint density at radius 3 is 2.38 bits per heavy atom. The summed E-state index contributed by atoms with van der Waals surface area (Å²) in [6, 6.07) is 0. The van der Waals surface area contributed by atoms with Crippen LogP contribution in [0.2, 0.25) is 0 Å². The maximum Gasteiger partial charge on any atom is 0.00966 e. The largest absolute Gasteiger partial charge is 0.312 e. The molecule has 2 heteroatoms. The molecule has 0 aromatic carbocycles. The molecule has 1 N–H and O–H groups in total. The third kappa shape index (κ3) is 10.2. The maximum atomic E-state index is 3.54. The standard InChI is InChI=1S/C11H25NS/c1-6-13-8-7-10(2)9-12-11(3,4)5/h10,12H,6-9H2,1-5H3. The van der Waals surface area contributed by atoms with Gasteiger partial charge in [-0.25, -0.2) is 0 Å². The quantitative estimate of drug-likeness (QED) is 0.666. The summed E-state index contributed by atoms with van der Waals surface area (Å²) in [5.74, 6) is 3.36. The van der Waals surface area contributed by atoms with E-state index in [4.69, 9.17) is 0 Å². The molecule has 0 spiro atoms. The van der Waals surface area contributed by atoms with Crippen LogP contribution in [0.25, 0.3) is 0 Å². The average molecular weight is 203 g/mol. The average Bonchev–Trinajstić information content (AvgIpc) is 2.00. The zero-order valence-corrected chi connectivity index (χ0v) is 10.6. The van der Waals surface area contributed by atoms with Crippen LogP contribution < -0.4 is 5.32 Å². The molecular weight excluding hydrogens is 178 g/mol. The summed E-state index contributed by atoms with van der Waals surface area (Å²) in [5, 5.41) is 3.54. The number of hydrogen-bond donors (Lipinski definition) is 1. The monoisotopic (exact) mass is 203 g/mol. The predicted octanol–water partition coefficient (Wildman–Crippen LogP) is 3.15. The fraction of sp³-hybridized carbons (Fsp3) is 1.00. The van der Waals surface area contributed by atoms with Gasteiger partial charge in [-0.15, -0.1) is 0 Å². The van der Waals surface area contributed by atoms with Crippen molar-refractivity contribution >= 4 is 11.8 Å². The first kappa shape index (κ1) is 13.3. The van der Waals surface area contributed by atoms with Crippen LogP contribution in [0.4, 0.5) is 0 Å². The Labute approximate surface area is 88.1 Å². The van der Waals surface area contributed by atoms with E-state index < -0.39 is 0 Å². The number of rotatable bonds is 6. The highest BCUT2D eigenvalue weighted by Crippen LogP contribution is 2.09. The van der Waals surface area contributed by atoms with Crippen molar-refractivity contribution in [3.05, 3.63) is 0 Å². The lowest BCUT2D eigenvalue weighted by Gasteiger charge is -2.23. The van der Waals surface area contributed by atoms with Gasteiger partial charge in [-0.2, -0.15) is 11.8 Å². The molecule has 0 saturated heterocycles. The Bertz CT molecular complexity index is 118. The van der Waals surface area contributed by atoms with Crippen LogP contribution in [0, 0.1) is 5.92 Å². The van der Waals surface area contributed by atoms with E-state index in [0.717, 1.165) is 12.5 Å². The first-order valence-electron chi connectivity index (χ1n) is 5.28. The molecule has 0 rings (SSSR count). The van der Waals surface area contributed by atoms with Crippen molar-refractivity contribution in [3.63, 3.8) is 0 Å². The summed E-state index contributed by atoms with van der Waals surface area (Å²) in [6.45, 7) is 12.4. The normalized spacial score (nSPS) is 14.5. The van der Waals surface area contributed by atoms with E-state index >= 15 is 0 Å². The van der Waals surface area contributed by atoms with Crippen molar-refractivity contribution in [2.24, 2.45) is 5.92 Å². The first-order chi connectivity index (χ1) is 5.95. The third-order valence-corrected chi connectivity index (χ3v) is 2.87. The lowest BCUT2D eigenvalue weighted by molar-refractivity contribution is 0.379. The van der Waals surface area contributed by atoms with Crippen LogP contribution in [0.3, 0.4) is 0 Å². The minimum absolute atomic E-state index is 0.270. The second-order valence-corrected chi connectivity index (χ2v) is 6.12. The summed E-state index contributed by atoms with van der Waals surface area (Å²) in [5.41, 5.74) is 0.270. The molecule has 0 radical (unpaired) electrons. The van der Waals surface area contributed by atoms with Crippen LogP contribution in [0.5, 0.6) is 0 Å². The molecule has 0 heterocycles. The van der Waals surface area contributed by atoms with E-state index in [2.05, 4.69) is 39.9 Å². The summed E-state index contributed by atoms with van der Waals surface area (Å²) < 4.78 is 0. The van der Waals surface area contributed by atoms with Gasteiger partial charge in [0.2, 0.25) is 0 Å². The van der Waals surface area contributed by atoms with Gasteiger partial charge in [-0.3, -0.25) is 0 Å². The molecule has 0 aromatic rings. The number of nitrogens with one attached hydrogen (secondary N) is 1. The molecule has 80 valence electrons. The third-order valence-electron chi connectivity index (χ3n) is 1.94. The van der Waals surface area contributed by atoms with Gasteiger partial charge < -0.3 is 5.32 Å². The minimum atomic E-state index is 0.270. The topological polar surface area (TPSA) is 12.0 Å². The fourth-order valence-corrected chi connectivity index (χ4v) is 1.87. The highest BCUT2D eigenvalue weighted by molar-refractivity contribution is 7.99. The summed E-state index contributed by atoms with van der Waals surface area (Å²) in [4.78, 5) is 0. The Hall–Kier alpha value is 0.310.